The maximum Gasteiger partial charge on any atom is 0.508 e. The lowest BCUT2D eigenvalue weighted by Gasteiger charge is -2.32. The lowest BCUT2D eigenvalue weighted by atomic mass is 9.95. The first-order chi connectivity index (χ1) is 22.3. The second-order valence-corrected chi connectivity index (χ2v) is 13.3. The standard InChI is InChI=1S/C31H34ClFN8O5/c1-30-15-40(7-9-43-16-30)27-26-24(35-28(36-27)45-17-31-5-3-6-41(31)14-18(33)12-31)11-23(38-39-26)25-19(4-2-8-44-29(42)46-30)21(32)10-22-20(25)13-34-37-22/h10-11,13,18H,2-9,12,14-17H2,1H3,(H,34,37)/t18-,30?,31+/m1/s1. The number of H-pyrrole nitrogens is 1. The fourth-order valence-corrected chi connectivity index (χ4v) is 7.76. The largest absolute Gasteiger partial charge is 0.508 e. The van der Waals surface area contributed by atoms with Gasteiger partial charge in [-0.2, -0.15) is 15.1 Å². The van der Waals surface area contributed by atoms with Crippen LogP contribution in [0.3, 0.4) is 0 Å². The fraction of sp³-hybridized carbons (Fsp3) is 0.548. The van der Waals surface area contributed by atoms with Gasteiger partial charge in [-0.15, -0.1) is 10.2 Å². The van der Waals surface area contributed by atoms with Gasteiger partial charge in [0, 0.05) is 35.5 Å². The predicted octanol–water partition coefficient (Wildman–Crippen LogP) is 4.27. The van der Waals surface area contributed by atoms with Crippen LogP contribution in [-0.4, -0.2) is 111 Å². The number of carbonyl (C=O) groups excluding carboxylic acids is 1. The summed E-state index contributed by atoms with van der Waals surface area (Å²) in [4.78, 5) is 26.7. The Morgan fingerprint density at radius 2 is 2.11 bits per heavy atom. The lowest BCUT2D eigenvalue weighted by Crippen LogP contribution is -2.46. The molecule has 4 aromatic rings. The number of aromatic amines is 1. The van der Waals surface area contributed by atoms with Gasteiger partial charge in [0.2, 0.25) is 0 Å². The lowest BCUT2D eigenvalue weighted by molar-refractivity contribution is -0.0575. The van der Waals surface area contributed by atoms with Crippen molar-refractivity contribution in [1.82, 2.24) is 35.3 Å². The van der Waals surface area contributed by atoms with Crippen molar-refractivity contribution in [1.29, 1.82) is 0 Å². The molecule has 0 spiro atoms. The van der Waals surface area contributed by atoms with Crippen LogP contribution in [0.5, 0.6) is 6.01 Å². The minimum absolute atomic E-state index is 0.133. The van der Waals surface area contributed by atoms with Crippen molar-refractivity contribution < 1.29 is 28.1 Å². The van der Waals surface area contributed by atoms with Crippen LogP contribution in [-0.2, 0) is 20.6 Å². The van der Waals surface area contributed by atoms with Crippen LogP contribution in [0.2, 0.25) is 5.02 Å². The molecule has 6 bridgehead atoms. The van der Waals surface area contributed by atoms with E-state index in [0.717, 1.165) is 41.4 Å². The van der Waals surface area contributed by atoms with Crippen molar-refractivity contribution in [3.8, 4) is 17.3 Å². The topological polar surface area (TPSA) is 141 Å². The number of hydrogen-bond donors (Lipinski definition) is 1. The molecule has 1 N–H and O–H groups in total. The van der Waals surface area contributed by atoms with E-state index in [1.54, 1.807) is 13.1 Å². The Morgan fingerprint density at radius 1 is 1.20 bits per heavy atom. The van der Waals surface area contributed by atoms with Gasteiger partial charge in [0.1, 0.15) is 18.3 Å². The van der Waals surface area contributed by atoms with Gasteiger partial charge in [0.05, 0.1) is 49.3 Å². The minimum Gasteiger partial charge on any atom is -0.461 e. The van der Waals surface area contributed by atoms with Gasteiger partial charge in [0.25, 0.3) is 0 Å². The quantitative estimate of drug-likeness (QED) is 0.316. The number of nitrogens with one attached hydrogen (secondary N) is 1. The molecule has 9 rings (SSSR count). The van der Waals surface area contributed by atoms with E-state index in [-0.39, 0.29) is 37.9 Å². The Morgan fingerprint density at radius 3 is 3.02 bits per heavy atom. The Labute approximate surface area is 268 Å². The van der Waals surface area contributed by atoms with Gasteiger partial charge < -0.3 is 23.8 Å². The van der Waals surface area contributed by atoms with Crippen LogP contribution in [0.25, 0.3) is 33.2 Å². The summed E-state index contributed by atoms with van der Waals surface area (Å²) in [5, 5.41) is 17.9. The van der Waals surface area contributed by atoms with E-state index in [0.29, 0.717) is 66.5 Å². The number of fused-ring (bicyclic) bond motifs is 8. The first kappa shape index (κ1) is 29.5. The molecule has 0 aliphatic carbocycles. The maximum absolute atomic E-state index is 14.5. The van der Waals surface area contributed by atoms with Crippen molar-refractivity contribution >= 4 is 45.5 Å². The van der Waals surface area contributed by atoms with Gasteiger partial charge in [-0.1, -0.05) is 11.6 Å². The van der Waals surface area contributed by atoms with E-state index in [4.69, 9.17) is 40.5 Å². The number of alkyl halides is 1. The highest BCUT2D eigenvalue weighted by molar-refractivity contribution is 6.33. The number of anilines is 1. The number of halogens is 2. The minimum atomic E-state index is -1.04. The number of hydrogen-bond acceptors (Lipinski definition) is 12. The molecule has 8 heterocycles. The maximum atomic E-state index is 14.5. The van der Waals surface area contributed by atoms with Gasteiger partial charge in [-0.25, -0.2) is 9.18 Å². The number of aromatic nitrogens is 6. The first-order valence-electron chi connectivity index (χ1n) is 15.7. The Bertz CT molecular complexity index is 1830. The van der Waals surface area contributed by atoms with Crippen LogP contribution >= 0.6 is 11.6 Å². The summed E-state index contributed by atoms with van der Waals surface area (Å²) < 4.78 is 38.1. The smallest absolute Gasteiger partial charge is 0.461 e. The number of carbonyl (C=O) groups is 1. The second-order valence-electron chi connectivity index (χ2n) is 12.9. The number of benzene rings is 1. The second kappa shape index (κ2) is 11.4. The summed E-state index contributed by atoms with van der Waals surface area (Å²) in [6.07, 6.45) is 3.34. The molecule has 1 unspecified atom stereocenters. The zero-order valence-corrected chi connectivity index (χ0v) is 26.2. The summed E-state index contributed by atoms with van der Waals surface area (Å²) >= 11 is 6.82. The molecule has 15 heteroatoms. The van der Waals surface area contributed by atoms with Gasteiger partial charge >= 0.3 is 12.2 Å². The molecule has 3 fully saturated rings. The molecule has 0 radical (unpaired) electrons. The van der Waals surface area contributed by atoms with Crippen LogP contribution in [0, 0.1) is 0 Å². The summed E-state index contributed by atoms with van der Waals surface area (Å²) in [7, 11) is 0. The van der Waals surface area contributed by atoms with Crippen molar-refractivity contribution in [3.05, 3.63) is 28.9 Å². The molecular formula is C31H34ClFN8O5. The SMILES string of the molecule is CC12COCCN(C1)c1nc(OC[C@@]34CCCN3C[C@H](F)C4)nc3cc(nnc13)-c1c(c(Cl)cc3[nH]ncc13)CCCOC(=O)O2. The van der Waals surface area contributed by atoms with E-state index in [1.165, 1.54) is 0 Å². The molecule has 1 aromatic carbocycles. The highest BCUT2D eigenvalue weighted by Crippen LogP contribution is 2.41. The molecule has 5 aliphatic rings. The molecule has 0 amide bonds. The predicted molar refractivity (Wildman–Crippen MR) is 166 cm³/mol. The first-order valence-corrected chi connectivity index (χ1v) is 16.1. The van der Waals surface area contributed by atoms with Gasteiger partial charge in [-0.05, 0) is 56.8 Å². The van der Waals surface area contributed by atoms with Crippen LogP contribution in [0.15, 0.2) is 18.3 Å². The van der Waals surface area contributed by atoms with E-state index in [2.05, 4.69) is 25.3 Å². The number of nitrogens with zero attached hydrogens (tertiary/aromatic N) is 7. The molecule has 3 atom stereocenters. The molecule has 13 nitrogen and oxygen atoms in total. The van der Waals surface area contributed by atoms with Crippen molar-refractivity contribution in [3.63, 3.8) is 0 Å². The van der Waals surface area contributed by atoms with Gasteiger partial charge in [0.15, 0.2) is 16.9 Å². The average molecular weight is 653 g/mol. The average Bonchev–Trinajstić information content (AvgIpc) is 3.68. The Kier molecular flexibility index (Phi) is 7.33. The fourth-order valence-electron chi connectivity index (χ4n) is 7.46. The summed E-state index contributed by atoms with van der Waals surface area (Å²) in [6, 6.07) is 3.84. The normalized spacial score (nSPS) is 27.1. The summed E-state index contributed by atoms with van der Waals surface area (Å²) in [6.45, 7) is 4.71. The third-order valence-electron chi connectivity index (χ3n) is 9.55. The number of ether oxygens (including phenoxy) is 4. The van der Waals surface area contributed by atoms with E-state index < -0.39 is 17.9 Å². The molecule has 5 aliphatic heterocycles. The van der Waals surface area contributed by atoms with Crippen molar-refractivity contribution in [2.75, 3.05) is 57.5 Å². The zero-order valence-electron chi connectivity index (χ0n) is 25.4. The van der Waals surface area contributed by atoms with Crippen molar-refractivity contribution in [2.45, 2.75) is 56.3 Å². The summed E-state index contributed by atoms with van der Waals surface area (Å²) in [5.74, 6) is 0.468. The number of rotatable bonds is 3. The highest BCUT2D eigenvalue weighted by atomic mass is 35.5. The molecule has 3 aromatic heterocycles. The van der Waals surface area contributed by atoms with Crippen LogP contribution in [0.4, 0.5) is 15.0 Å². The van der Waals surface area contributed by atoms with E-state index in [1.807, 2.05) is 17.0 Å². The summed E-state index contributed by atoms with van der Waals surface area (Å²) in [5.41, 5.74) is 2.44. The Balaban J connectivity index is 1.28. The molecule has 242 valence electrons. The molecule has 46 heavy (non-hydrogen) atoms. The van der Waals surface area contributed by atoms with E-state index in [9.17, 15) is 9.18 Å². The zero-order chi connectivity index (χ0) is 31.5. The third kappa shape index (κ3) is 5.25. The van der Waals surface area contributed by atoms with Crippen molar-refractivity contribution in [2.24, 2.45) is 0 Å². The molecule has 0 saturated carbocycles. The third-order valence-corrected chi connectivity index (χ3v) is 9.89. The Hall–Kier alpha value is -3.88. The van der Waals surface area contributed by atoms with E-state index >= 15 is 0 Å². The highest BCUT2D eigenvalue weighted by Gasteiger charge is 2.49. The van der Waals surface area contributed by atoms with Crippen LogP contribution in [0.1, 0.15) is 38.2 Å². The van der Waals surface area contributed by atoms with Crippen LogP contribution < -0.4 is 9.64 Å². The van der Waals surface area contributed by atoms with Gasteiger partial charge in [-0.3, -0.25) is 10.00 Å². The molecule has 3 saturated heterocycles. The monoisotopic (exact) mass is 652 g/mol. The molecular weight excluding hydrogens is 619 g/mol.